The normalized spacial score (nSPS) is 40.4. The summed E-state index contributed by atoms with van der Waals surface area (Å²) < 4.78 is 23.2. The lowest BCUT2D eigenvalue weighted by atomic mass is 9.48. The molecular weight excluding hydrogens is 524 g/mol. The van der Waals surface area contributed by atoms with E-state index >= 15 is 0 Å². The Kier molecular flexibility index (Phi) is 6.93. The first-order valence-corrected chi connectivity index (χ1v) is 13.3. The molecule has 0 spiro atoms. The predicted molar refractivity (Wildman–Crippen MR) is 136 cm³/mol. The Bertz CT molecular complexity index is 1270. The van der Waals surface area contributed by atoms with Gasteiger partial charge in [-0.2, -0.15) is 0 Å². The molecule has 3 N–H and O–H groups in total. The topological polar surface area (TPSA) is 166 Å². The van der Waals surface area contributed by atoms with E-state index in [0.717, 1.165) is 6.92 Å². The SMILES string of the molecule is CC(=O)O[C@@H]1C2=C(C)C(=O)C[C@](O)(C2)[C@@H](OC(=O)c2ccccc2)[C@@H]2[C@]3(OC(C)=O)CO[C@@H]3C[C@@H](O)[C@@]2(C)[C@H]1O. The van der Waals surface area contributed by atoms with Crippen LogP contribution in [0.25, 0.3) is 0 Å². The van der Waals surface area contributed by atoms with E-state index in [1.165, 1.54) is 32.9 Å². The van der Waals surface area contributed by atoms with Gasteiger partial charge < -0.3 is 34.3 Å². The number of allylic oxidation sites excluding steroid dienone is 1. The van der Waals surface area contributed by atoms with Crippen LogP contribution in [0.15, 0.2) is 41.5 Å². The summed E-state index contributed by atoms with van der Waals surface area (Å²) >= 11 is 0. The van der Waals surface area contributed by atoms with Crippen molar-refractivity contribution in [1.29, 1.82) is 0 Å². The molecule has 1 saturated heterocycles. The van der Waals surface area contributed by atoms with Crippen molar-refractivity contribution in [2.75, 3.05) is 6.61 Å². The van der Waals surface area contributed by atoms with Gasteiger partial charge in [0, 0.05) is 38.5 Å². The number of ketones is 1. The second-order valence-electron chi connectivity index (χ2n) is 11.6. The van der Waals surface area contributed by atoms with Crippen LogP contribution in [0.1, 0.15) is 57.3 Å². The Hall–Kier alpha value is -3.12. The first-order chi connectivity index (χ1) is 18.7. The number of esters is 3. The molecule has 1 heterocycles. The summed E-state index contributed by atoms with van der Waals surface area (Å²) in [6, 6.07) is 8.03. The molecule has 0 radical (unpaired) electrons. The van der Waals surface area contributed by atoms with Crippen LogP contribution in [0.2, 0.25) is 0 Å². The van der Waals surface area contributed by atoms with Crippen molar-refractivity contribution in [3.8, 4) is 0 Å². The molecular formula is C29H34O11. The number of hydrogen-bond acceptors (Lipinski definition) is 11. The Balaban J connectivity index is 1.76. The van der Waals surface area contributed by atoms with Crippen LogP contribution >= 0.6 is 0 Å². The maximum Gasteiger partial charge on any atom is 0.338 e. The monoisotopic (exact) mass is 558 g/mol. The number of carbonyl (C=O) groups excluding carboxylic acids is 4. The molecule has 9 atom stereocenters. The van der Waals surface area contributed by atoms with E-state index in [4.69, 9.17) is 18.9 Å². The third kappa shape index (κ3) is 4.18. The number of ether oxygens (including phenoxy) is 4. The summed E-state index contributed by atoms with van der Waals surface area (Å²) in [6.07, 6.45) is -7.59. The van der Waals surface area contributed by atoms with E-state index in [1.54, 1.807) is 18.2 Å². The van der Waals surface area contributed by atoms with Crippen LogP contribution in [-0.2, 0) is 33.3 Å². The second-order valence-corrected chi connectivity index (χ2v) is 11.6. The largest absolute Gasteiger partial charge is 0.455 e. The fourth-order valence-corrected chi connectivity index (χ4v) is 7.21. The molecule has 5 rings (SSSR count). The van der Waals surface area contributed by atoms with Crippen molar-refractivity contribution >= 4 is 23.7 Å². The molecule has 1 aromatic rings. The number of rotatable bonds is 4. The van der Waals surface area contributed by atoms with Crippen molar-refractivity contribution in [2.24, 2.45) is 11.3 Å². The Labute approximate surface area is 231 Å². The summed E-state index contributed by atoms with van der Waals surface area (Å²) in [4.78, 5) is 51.4. The van der Waals surface area contributed by atoms with Gasteiger partial charge in [-0.15, -0.1) is 0 Å². The average Bonchev–Trinajstić information content (AvgIpc) is 2.89. The quantitative estimate of drug-likeness (QED) is 0.357. The van der Waals surface area contributed by atoms with E-state index in [2.05, 4.69) is 0 Å². The van der Waals surface area contributed by atoms with Gasteiger partial charge in [-0.1, -0.05) is 25.1 Å². The lowest BCUT2D eigenvalue weighted by Gasteiger charge is -2.66. The van der Waals surface area contributed by atoms with Gasteiger partial charge in [-0.3, -0.25) is 14.4 Å². The highest BCUT2D eigenvalue weighted by molar-refractivity contribution is 5.98. The molecule has 216 valence electrons. The molecule has 11 heteroatoms. The van der Waals surface area contributed by atoms with Crippen LogP contribution in [0.5, 0.6) is 0 Å². The summed E-state index contributed by atoms with van der Waals surface area (Å²) in [5, 5.41) is 35.9. The Morgan fingerprint density at radius 2 is 1.70 bits per heavy atom. The van der Waals surface area contributed by atoms with Crippen molar-refractivity contribution in [2.45, 2.75) is 88.7 Å². The average molecular weight is 559 g/mol. The highest BCUT2D eigenvalue weighted by Gasteiger charge is 2.75. The van der Waals surface area contributed by atoms with Crippen molar-refractivity contribution in [3.63, 3.8) is 0 Å². The molecule has 0 unspecified atom stereocenters. The van der Waals surface area contributed by atoms with Gasteiger partial charge in [0.05, 0.1) is 24.2 Å². The van der Waals surface area contributed by atoms with Crippen molar-refractivity contribution in [3.05, 3.63) is 47.0 Å². The summed E-state index contributed by atoms with van der Waals surface area (Å²) in [5.74, 6) is -4.01. The molecule has 1 aromatic carbocycles. The van der Waals surface area contributed by atoms with Crippen LogP contribution in [-0.4, -0.2) is 87.3 Å². The van der Waals surface area contributed by atoms with Crippen LogP contribution < -0.4 is 0 Å². The lowest BCUT2D eigenvalue weighted by molar-refractivity contribution is -0.358. The minimum Gasteiger partial charge on any atom is -0.455 e. The number of Topliss-reactive ketones (excluding diaryl/α,β-unsaturated/α-hetero) is 1. The van der Waals surface area contributed by atoms with Gasteiger partial charge in [0.15, 0.2) is 17.5 Å². The highest BCUT2D eigenvalue weighted by Crippen LogP contribution is 2.61. The molecule has 0 aromatic heterocycles. The van der Waals surface area contributed by atoms with E-state index in [-0.39, 0.29) is 36.2 Å². The van der Waals surface area contributed by atoms with Gasteiger partial charge in [-0.05, 0) is 30.2 Å². The van der Waals surface area contributed by atoms with Gasteiger partial charge in [-0.25, -0.2) is 4.79 Å². The van der Waals surface area contributed by atoms with Crippen LogP contribution in [0, 0.1) is 11.3 Å². The fraction of sp³-hybridized carbons (Fsp3) is 0.586. The summed E-state index contributed by atoms with van der Waals surface area (Å²) in [6.45, 7) is 5.22. The van der Waals surface area contributed by atoms with Gasteiger partial charge in [0.25, 0.3) is 0 Å². The lowest BCUT2D eigenvalue weighted by Crippen LogP contribution is -2.80. The summed E-state index contributed by atoms with van der Waals surface area (Å²) in [7, 11) is 0. The molecule has 4 aliphatic rings. The number of benzene rings is 1. The standard InChI is InChI=1S/C29H34O11/c1-14-18-11-28(36,12-19(14)32)25(39-26(35)17-8-6-5-7-9-17)23-27(4,24(34)22(18)38-15(2)30)20(33)10-21-29(23,13-37-21)40-16(3)31/h5-9,20-25,33-34,36H,10-13H2,1-4H3/t20-,21-,22-,23+,24+,25+,27-,28-,29+/m1/s1. The van der Waals surface area contributed by atoms with Crippen molar-refractivity contribution < 1.29 is 53.4 Å². The van der Waals surface area contributed by atoms with Crippen molar-refractivity contribution in [1.82, 2.24) is 0 Å². The van der Waals surface area contributed by atoms with E-state index in [1.807, 2.05) is 0 Å². The zero-order valence-corrected chi connectivity index (χ0v) is 22.8. The minimum absolute atomic E-state index is 0.0567. The second kappa shape index (κ2) is 9.76. The first kappa shape index (κ1) is 28.4. The maximum atomic E-state index is 13.5. The third-order valence-corrected chi connectivity index (χ3v) is 9.24. The van der Waals surface area contributed by atoms with Gasteiger partial charge in [0.1, 0.15) is 23.9 Å². The fourth-order valence-electron chi connectivity index (χ4n) is 7.21. The molecule has 11 nitrogen and oxygen atoms in total. The number of aliphatic hydroxyl groups excluding tert-OH is 2. The van der Waals surface area contributed by atoms with Crippen LogP contribution in [0.3, 0.4) is 0 Å². The number of carbonyl (C=O) groups is 4. The predicted octanol–water partition coefficient (Wildman–Crippen LogP) is 1.02. The van der Waals surface area contributed by atoms with Crippen LogP contribution in [0.4, 0.5) is 0 Å². The maximum absolute atomic E-state index is 13.5. The molecule has 2 saturated carbocycles. The van der Waals surface area contributed by atoms with Gasteiger partial charge >= 0.3 is 17.9 Å². The third-order valence-electron chi connectivity index (χ3n) is 9.24. The number of fused-ring (bicyclic) bond motifs is 5. The molecule has 40 heavy (non-hydrogen) atoms. The molecule has 3 fully saturated rings. The Morgan fingerprint density at radius 1 is 1.02 bits per heavy atom. The summed E-state index contributed by atoms with van der Waals surface area (Å²) in [5.41, 5.74) is -4.74. The number of aliphatic hydroxyl groups is 3. The van der Waals surface area contributed by atoms with E-state index in [0.29, 0.717) is 0 Å². The molecule has 2 bridgehead atoms. The molecule has 0 amide bonds. The van der Waals surface area contributed by atoms with E-state index < -0.39 is 83.2 Å². The Morgan fingerprint density at radius 3 is 2.27 bits per heavy atom. The molecule has 3 aliphatic carbocycles. The van der Waals surface area contributed by atoms with E-state index in [9.17, 15) is 34.5 Å². The van der Waals surface area contributed by atoms with Gasteiger partial charge in [0.2, 0.25) is 0 Å². The number of hydrogen-bond donors (Lipinski definition) is 3. The first-order valence-electron chi connectivity index (χ1n) is 13.3. The zero-order valence-electron chi connectivity index (χ0n) is 22.8. The highest BCUT2D eigenvalue weighted by atomic mass is 16.6. The minimum atomic E-state index is -2.06. The smallest absolute Gasteiger partial charge is 0.338 e. The zero-order chi connectivity index (χ0) is 29.2. The molecule has 1 aliphatic heterocycles.